The lowest BCUT2D eigenvalue weighted by Gasteiger charge is -2.02. The molecule has 0 heterocycles. The first-order chi connectivity index (χ1) is 7.86. The van der Waals surface area contributed by atoms with Crippen molar-refractivity contribution in [1.82, 2.24) is 0 Å². The molecule has 0 fully saturated rings. The smallest absolute Gasteiger partial charge is 0.0991 e. The van der Waals surface area contributed by atoms with Crippen LogP contribution in [-0.4, -0.2) is 0 Å². The standard InChI is InChI=1S/C15H8N/c16-10-11-5-6-14-8-12-3-1-2-4-13(12)9-15(14)7-11/h1,3-9H. The van der Waals surface area contributed by atoms with Gasteiger partial charge in [-0.3, -0.25) is 0 Å². The van der Waals surface area contributed by atoms with E-state index in [-0.39, 0.29) is 0 Å². The maximum Gasteiger partial charge on any atom is 0.0991 e. The molecule has 0 atom stereocenters. The Balaban J connectivity index is 2.43. The fraction of sp³-hybridized carbons (Fsp3) is 0. The molecule has 73 valence electrons. The summed E-state index contributed by atoms with van der Waals surface area (Å²) in [5, 5.41) is 13.5. The maximum atomic E-state index is 8.85. The van der Waals surface area contributed by atoms with E-state index in [4.69, 9.17) is 5.26 Å². The van der Waals surface area contributed by atoms with Crippen LogP contribution in [0.2, 0.25) is 0 Å². The quantitative estimate of drug-likeness (QED) is 0.510. The third-order valence-corrected chi connectivity index (χ3v) is 2.77. The van der Waals surface area contributed by atoms with Crippen LogP contribution in [0.4, 0.5) is 0 Å². The van der Waals surface area contributed by atoms with Gasteiger partial charge in [0.1, 0.15) is 0 Å². The highest BCUT2D eigenvalue weighted by Gasteiger charge is 1.98. The Morgan fingerprint density at radius 3 is 2.56 bits per heavy atom. The fourth-order valence-electron chi connectivity index (χ4n) is 1.95. The van der Waals surface area contributed by atoms with Gasteiger partial charge in [-0.25, -0.2) is 0 Å². The summed E-state index contributed by atoms with van der Waals surface area (Å²) in [6, 6.07) is 21.1. The van der Waals surface area contributed by atoms with Gasteiger partial charge in [0, 0.05) is 0 Å². The Morgan fingerprint density at radius 2 is 1.69 bits per heavy atom. The fourth-order valence-corrected chi connectivity index (χ4v) is 1.95. The minimum atomic E-state index is 0.701. The van der Waals surface area contributed by atoms with Gasteiger partial charge >= 0.3 is 0 Å². The van der Waals surface area contributed by atoms with E-state index in [1.165, 1.54) is 5.39 Å². The molecular weight excluding hydrogens is 194 g/mol. The summed E-state index contributed by atoms with van der Waals surface area (Å²) in [6.07, 6.45) is 0. The summed E-state index contributed by atoms with van der Waals surface area (Å²) < 4.78 is 0. The largest absolute Gasteiger partial charge is 0.192 e. The van der Waals surface area contributed by atoms with Crippen LogP contribution >= 0.6 is 0 Å². The Labute approximate surface area is 93.6 Å². The topological polar surface area (TPSA) is 23.8 Å². The summed E-state index contributed by atoms with van der Waals surface area (Å²) >= 11 is 0. The van der Waals surface area contributed by atoms with Crippen molar-refractivity contribution in [3.8, 4) is 6.07 Å². The molecule has 0 N–H and O–H groups in total. The molecule has 1 heteroatoms. The van der Waals surface area contributed by atoms with Gasteiger partial charge in [-0.15, -0.1) is 0 Å². The van der Waals surface area contributed by atoms with Gasteiger partial charge in [0.05, 0.1) is 11.6 Å². The minimum Gasteiger partial charge on any atom is -0.192 e. The number of hydrogen-bond acceptors (Lipinski definition) is 1. The molecule has 0 unspecified atom stereocenters. The first-order valence-corrected chi connectivity index (χ1v) is 5.10. The highest BCUT2D eigenvalue weighted by molar-refractivity contribution is 5.98. The van der Waals surface area contributed by atoms with Crippen molar-refractivity contribution >= 4 is 21.5 Å². The van der Waals surface area contributed by atoms with Crippen LogP contribution in [0, 0.1) is 17.4 Å². The van der Waals surface area contributed by atoms with Gasteiger partial charge in [0.15, 0.2) is 0 Å². The first-order valence-electron chi connectivity index (χ1n) is 5.10. The number of hydrogen-bond donors (Lipinski definition) is 0. The second-order valence-corrected chi connectivity index (χ2v) is 3.80. The molecule has 0 spiro atoms. The van der Waals surface area contributed by atoms with Gasteiger partial charge in [-0.2, -0.15) is 5.26 Å². The lowest BCUT2D eigenvalue weighted by Crippen LogP contribution is -1.78. The van der Waals surface area contributed by atoms with Crippen LogP contribution in [0.15, 0.2) is 48.5 Å². The molecule has 0 saturated carbocycles. The molecule has 3 rings (SSSR count). The third kappa shape index (κ3) is 1.32. The van der Waals surface area contributed by atoms with Crippen molar-refractivity contribution < 1.29 is 0 Å². The predicted octanol–water partition coefficient (Wildman–Crippen LogP) is 3.66. The van der Waals surface area contributed by atoms with Gasteiger partial charge in [0.25, 0.3) is 0 Å². The highest BCUT2D eigenvalue weighted by Crippen LogP contribution is 2.23. The van der Waals surface area contributed by atoms with Crippen LogP contribution in [-0.2, 0) is 0 Å². The molecule has 0 aliphatic rings. The molecule has 3 aromatic carbocycles. The summed E-state index contributed by atoms with van der Waals surface area (Å²) in [4.78, 5) is 0. The SMILES string of the molecule is N#Cc1ccc2cc3cc[c]cc3cc2c1. The molecule has 1 radical (unpaired) electrons. The number of benzene rings is 3. The van der Waals surface area contributed by atoms with Crippen molar-refractivity contribution in [3.05, 3.63) is 60.2 Å². The van der Waals surface area contributed by atoms with Crippen LogP contribution < -0.4 is 0 Å². The van der Waals surface area contributed by atoms with Gasteiger partial charge < -0.3 is 0 Å². The van der Waals surface area contributed by atoms with Gasteiger partial charge in [0.2, 0.25) is 0 Å². The Bertz CT molecular complexity index is 720. The zero-order valence-corrected chi connectivity index (χ0v) is 8.57. The van der Waals surface area contributed by atoms with E-state index in [0.717, 1.165) is 16.2 Å². The molecule has 0 saturated heterocycles. The molecular formula is C15H8N. The van der Waals surface area contributed by atoms with E-state index in [0.29, 0.717) is 5.56 Å². The normalized spacial score (nSPS) is 10.4. The van der Waals surface area contributed by atoms with E-state index in [1.807, 2.05) is 36.4 Å². The van der Waals surface area contributed by atoms with Gasteiger partial charge in [-0.1, -0.05) is 18.2 Å². The summed E-state index contributed by atoms with van der Waals surface area (Å²) in [6.45, 7) is 0. The molecule has 0 aliphatic carbocycles. The average molecular weight is 202 g/mol. The molecule has 1 nitrogen and oxygen atoms in total. The number of rotatable bonds is 0. The average Bonchev–Trinajstić information content (AvgIpc) is 2.35. The number of nitrogens with zero attached hydrogens (tertiary/aromatic N) is 1. The molecule has 16 heavy (non-hydrogen) atoms. The third-order valence-electron chi connectivity index (χ3n) is 2.77. The van der Waals surface area contributed by atoms with Crippen molar-refractivity contribution in [2.45, 2.75) is 0 Å². The summed E-state index contributed by atoms with van der Waals surface area (Å²) in [5.74, 6) is 0. The van der Waals surface area contributed by atoms with E-state index in [1.54, 1.807) is 0 Å². The molecule has 0 bridgehead atoms. The van der Waals surface area contributed by atoms with Crippen LogP contribution in [0.1, 0.15) is 5.56 Å². The summed E-state index contributed by atoms with van der Waals surface area (Å²) in [5.41, 5.74) is 0.701. The molecule has 0 aliphatic heterocycles. The van der Waals surface area contributed by atoms with Crippen LogP contribution in [0.25, 0.3) is 21.5 Å². The Kier molecular flexibility index (Phi) is 1.88. The molecule has 0 aromatic heterocycles. The number of nitriles is 1. The van der Waals surface area contributed by atoms with E-state index in [2.05, 4.69) is 24.3 Å². The maximum absolute atomic E-state index is 8.85. The zero-order chi connectivity index (χ0) is 11.0. The highest BCUT2D eigenvalue weighted by atomic mass is 14.2. The zero-order valence-electron chi connectivity index (χ0n) is 8.57. The van der Waals surface area contributed by atoms with E-state index in [9.17, 15) is 0 Å². The predicted molar refractivity (Wildman–Crippen MR) is 65.0 cm³/mol. The van der Waals surface area contributed by atoms with Crippen molar-refractivity contribution in [1.29, 1.82) is 5.26 Å². The lowest BCUT2D eigenvalue weighted by atomic mass is 10.0. The Hall–Kier alpha value is -2.33. The van der Waals surface area contributed by atoms with Crippen molar-refractivity contribution in [2.75, 3.05) is 0 Å². The Morgan fingerprint density at radius 1 is 0.875 bits per heavy atom. The van der Waals surface area contributed by atoms with E-state index >= 15 is 0 Å². The van der Waals surface area contributed by atoms with Gasteiger partial charge in [-0.05, 0) is 57.9 Å². The van der Waals surface area contributed by atoms with Crippen molar-refractivity contribution in [2.24, 2.45) is 0 Å². The van der Waals surface area contributed by atoms with Crippen LogP contribution in [0.5, 0.6) is 0 Å². The number of fused-ring (bicyclic) bond motifs is 2. The minimum absolute atomic E-state index is 0.701. The lowest BCUT2D eigenvalue weighted by molar-refractivity contribution is 1.50. The van der Waals surface area contributed by atoms with Crippen LogP contribution in [0.3, 0.4) is 0 Å². The monoisotopic (exact) mass is 202 g/mol. The molecule has 3 aromatic rings. The van der Waals surface area contributed by atoms with Crippen molar-refractivity contribution in [3.63, 3.8) is 0 Å². The second kappa shape index (κ2) is 3.36. The summed E-state index contributed by atoms with van der Waals surface area (Å²) in [7, 11) is 0. The van der Waals surface area contributed by atoms with E-state index < -0.39 is 0 Å². The molecule has 0 amide bonds. The second-order valence-electron chi connectivity index (χ2n) is 3.80. The first kappa shape index (κ1) is 8.94.